The largest absolute Gasteiger partial charge is 0.356 e. The molecular formula is C24H38N6O3S. The topological polar surface area (TPSA) is 100 Å². The first-order chi connectivity index (χ1) is 16.4. The van der Waals surface area contributed by atoms with Gasteiger partial charge < -0.3 is 10.2 Å². The van der Waals surface area contributed by atoms with Crippen molar-refractivity contribution in [1.82, 2.24) is 29.5 Å². The fourth-order valence-electron chi connectivity index (χ4n) is 5.01. The fraction of sp³-hybridized carbons (Fsp3) is 0.708. The summed E-state index contributed by atoms with van der Waals surface area (Å²) in [5.74, 6) is -0.349. The number of hydrogen-bond acceptors (Lipinski definition) is 6. The molecule has 2 aliphatic heterocycles. The molecule has 0 saturated carbocycles. The van der Waals surface area contributed by atoms with Crippen LogP contribution in [0.1, 0.15) is 64.8 Å². The smallest absolute Gasteiger partial charge is 0.243 e. The maximum Gasteiger partial charge on any atom is 0.243 e. The lowest BCUT2D eigenvalue weighted by atomic mass is 9.99. The van der Waals surface area contributed by atoms with Crippen molar-refractivity contribution in [2.75, 3.05) is 39.3 Å². The number of nitrogens with zero attached hydrogens (tertiary/aromatic N) is 5. The summed E-state index contributed by atoms with van der Waals surface area (Å²) in [7, 11) is -3.70. The molecule has 10 heteroatoms. The number of sulfonamides is 1. The third kappa shape index (κ3) is 5.78. The highest BCUT2D eigenvalue weighted by atomic mass is 32.2. The maximum atomic E-state index is 13.3. The van der Waals surface area contributed by atoms with Crippen molar-refractivity contribution in [3.05, 3.63) is 18.2 Å². The summed E-state index contributed by atoms with van der Waals surface area (Å²) in [5.41, 5.74) is 1.37. The van der Waals surface area contributed by atoms with Gasteiger partial charge in [0.1, 0.15) is 5.52 Å². The lowest BCUT2D eigenvalue weighted by Gasteiger charge is -2.31. The van der Waals surface area contributed by atoms with Crippen molar-refractivity contribution in [1.29, 1.82) is 0 Å². The second kappa shape index (κ2) is 11.1. The van der Waals surface area contributed by atoms with Crippen LogP contribution in [0.2, 0.25) is 0 Å². The number of carbonyl (C=O) groups excluding carboxylic acids is 1. The molecule has 1 aromatic heterocycles. The van der Waals surface area contributed by atoms with E-state index in [1.807, 2.05) is 13.8 Å². The van der Waals surface area contributed by atoms with E-state index in [2.05, 4.69) is 20.5 Å². The Balaban J connectivity index is 1.33. The summed E-state index contributed by atoms with van der Waals surface area (Å²) in [4.78, 5) is 15.5. The van der Waals surface area contributed by atoms with E-state index in [1.165, 1.54) is 30.0 Å². The van der Waals surface area contributed by atoms with E-state index >= 15 is 0 Å². The van der Waals surface area contributed by atoms with Crippen LogP contribution in [0.4, 0.5) is 0 Å². The van der Waals surface area contributed by atoms with Gasteiger partial charge in [0.15, 0.2) is 0 Å². The van der Waals surface area contributed by atoms with Crippen LogP contribution in [0.3, 0.4) is 0 Å². The zero-order valence-corrected chi connectivity index (χ0v) is 21.3. The van der Waals surface area contributed by atoms with E-state index in [0.717, 1.165) is 31.6 Å². The zero-order chi connectivity index (χ0) is 24.1. The van der Waals surface area contributed by atoms with Gasteiger partial charge in [-0.05, 0) is 83.8 Å². The van der Waals surface area contributed by atoms with Gasteiger partial charge >= 0.3 is 0 Å². The van der Waals surface area contributed by atoms with Crippen molar-refractivity contribution in [2.24, 2.45) is 5.92 Å². The van der Waals surface area contributed by atoms with E-state index in [9.17, 15) is 13.2 Å². The van der Waals surface area contributed by atoms with E-state index in [0.29, 0.717) is 31.4 Å². The van der Waals surface area contributed by atoms with Crippen LogP contribution in [0.15, 0.2) is 23.1 Å². The first-order valence-corrected chi connectivity index (χ1v) is 14.2. The number of amides is 1. The molecule has 3 heterocycles. The predicted octanol–water partition coefficient (Wildman–Crippen LogP) is 2.80. The summed E-state index contributed by atoms with van der Waals surface area (Å²) < 4.78 is 29.9. The van der Waals surface area contributed by atoms with Gasteiger partial charge in [-0.2, -0.15) is 4.31 Å². The molecule has 1 N–H and O–H groups in total. The number of carbonyl (C=O) groups is 1. The van der Waals surface area contributed by atoms with Crippen LogP contribution in [0.5, 0.6) is 0 Å². The van der Waals surface area contributed by atoms with Crippen LogP contribution in [0.25, 0.3) is 11.0 Å². The van der Waals surface area contributed by atoms with E-state index in [4.69, 9.17) is 0 Å². The minimum absolute atomic E-state index is 0.0360. The van der Waals surface area contributed by atoms with Gasteiger partial charge in [0.25, 0.3) is 0 Å². The summed E-state index contributed by atoms with van der Waals surface area (Å²) in [5, 5.41) is 11.3. The molecule has 1 aromatic carbocycles. The molecule has 1 atom stereocenters. The Morgan fingerprint density at radius 2 is 1.88 bits per heavy atom. The number of benzene rings is 1. The monoisotopic (exact) mass is 490 g/mol. The third-order valence-electron chi connectivity index (χ3n) is 6.97. The van der Waals surface area contributed by atoms with Crippen LogP contribution in [-0.2, 0) is 14.8 Å². The number of piperidine rings is 1. The molecule has 0 unspecified atom stereocenters. The molecule has 34 heavy (non-hydrogen) atoms. The fourth-order valence-corrected chi connectivity index (χ4v) is 6.55. The van der Waals surface area contributed by atoms with Crippen molar-refractivity contribution >= 4 is 27.0 Å². The summed E-state index contributed by atoms with van der Waals surface area (Å²) in [6, 6.07) is 5.11. The zero-order valence-electron chi connectivity index (χ0n) is 20.4. The Hall–Kier alpha value is -2.04. The normalized spacial score (nSPS) is 21.1. The summed E-state index contributed by atoms with van der Waals surface area (Å²) in [6.45, 7) is 8.62. The Morgan fingerprint density at radius 3 is 2.62 bits per heavy atom. The average molecular weight is 491 g/mol. The molecule has 2 saturated heterocycles. The lowest BCUT2D eigenvalue weighted by molar-refractivity contribution is -0.126. The van der Waals surface area contributed by atoms with Crippen LogP contribution in [0, 0.1) is 5.92 Å². The molecule has 0 aliphatic carbocycles. The summed E-state index contributed by atoms with van der Waals surface area (Å²) >= 11 is 0. The molecular weight excluding hydrogens is 452 g/mol. The third-order valence-corrected chi connectivity index (χ3v) is 8.83. The van der Waals surface area contributed by atoms with Crippen molar-refractivity contribution < 1.29 is 13.2 Å². The van der Waals surface area contributed by atoms with Crippen LogP contribution < -0.4 is 5.32 Å². The average Bonchev–Trinajstić information content (AvgIpc) is 3.09. The minimum Gasteiger partial charge on any atom is -0.356 e. The van der Waals surface area contributed by atoms with Gasteiger partial charge in [-0.25, -0.2) is 13.1 Å². The molecule has 0 radical (unpaired) electrons. The molecule has 2 aromatic rings. The van der Waals surface area contributed by atoms with E-state index < -0.39 is 10.0 Å². The van der Waals surface area contributed by atoms with Gasteiger partial charge in [-0.1, -0.05) is 18.1 Å². The molecule has 2 fully saturated rings. The molecule has 188 valence electrons. The number of likely N-dealkylation sites (tertiary alicyclic amines) is 1. The SMILES string of the molecule is CC(C)n1nnc2cc(S(=O)(=O)N3CCC[C@H](C(=O)NCCCN4CCCCCC4)C3)ccc21. The molecule has 4 rings (SSSR count). The number of fused-ring (bicyclic) bond motifs is 1. The molecule has 1 amide bonds. The molecule has 2 aliphatic rings. The van der Waals surface area contributed by atoms with Crippen LogP contribution >= 0.6 is 0 Å². The van der Waals surface area contributed by atoms with Crippen LogP contribution in [-0.4, -0.2) is 77.8 Å². The second-order valence-electron chi connectivity index (χ2n) is 9.88. The highest BCUT2D eigenvalue weighted by Gasteiger charge is 2.33. The number of aromatic nitrogens is 3. The highest BCUT2D eigenvalue weighted by Crippen LogP contribution is 2.26. The Kier molecular flexibility index (Phi) is 8.21. The van der Waals surface area contributed by atoms with Gasteiger partial charge in [0.05, 0.1) is 16.3 Å². The Bertz CT molecular complexity index is 1080. The lowest BCUT2D eigenvalue weighted by Crippen LogP contribution is -2.45. The predicted molar refractivity (Wildman–Crippen MR) is 132 cm³/mol. The maximum absolute atomic E-state index is 13.3. The Labute approximate surface area is 202 Å². The van der Waals surface area contributed by atoms with Gasteiger partial charge in [-0.15, -0.1) is 5.10 Å². The minimum atomic E-state index is -3.70. The van der Waals surface area contributed by atoms with Gasteiger partial charge in [0, 0.05) is 25.7 Å². The number of nitrogens with one attached hydrogen (secondary N) is 1. The first-order valence-electron chi connectivity index (χ1n) is 12.7. The molecule has 0 bridgehead atoms. The van der Waals surface area contributed by atoms with Crippen molar-refractivity contribution in [3.63, 3.8) is 0 Å². The van der Waals surface area contributed by atoms with E-state index in [1.54, 1.807) is 22.9 Å². The van der Waals surface area contributed by atoms with E-state index in [-0.39, 0.29) is 29.3 Å². The standard InChI is InChI=1S/C24H38N6O3S/c1-19(2)30-23-11-10-21(17-22(23)26-27-30)34(32,33)29-16-7-9-20(18-29)24(31)25-12-8-15-28-13-5-3-4-6-14-28/h10-11,17,19-20H,3-9,12-16,18H2,1-2H3,(H,25,31)/t20-/m0/s1. The van der Waals surface area contributed by atoms with Crippen molar-refractivity contribution in [2.45, 2.75) is 69.7 Å². The van der Waals surface area contributed by atoms with Gasteiger partial charge in [0.2, 0.25) is 15.9 Å². The number of hydrogen-bond donors (Lipinski definition) is 1. The second-order valence-corrected chi connectivity index (χ2v) is 11.8. The first kappa shape index (κ1) is 25.1. The number of rotatable bonds is 8. The molecule has 9 nitrogen and oxygen atoms in total. The molecule has 0 spiro atoms. The summed E-state index contributed by atoms with van der Waals surface area (Å²) in [6.07, 6.45) is 7.49. The quantitative estimate of drug-likeness (QED) is 0.571. The highest BCUT2D eigenvalue weighted by molar-refractivity contribution is 7.89. The van der Waals surface area contributed by atoms with Crippen molar-refractivity contribution in [3.8, 4) is 0 Å². The van der Waals surface area contributed by atoms with Gasteiger partial charge in [-0.3, -0.25) is 4.79 Å². The Morgan fingerprint density at radius 1 is 1.12 bits per heavy atom.